The Morgan fingerprint density at radius 3 is 2.20 bits per heavy atom. The predicted molar refractivity (Wildman–Crippen MR) is 22.7 cm³/mol. The zero-order chi connectivity index (χ0) is 4.28. The van der Waals surface area contributed by atoms with E-state index in [2.05, 4.69) is 12.8 Å². The van der Waals surface area contributed by atoms with Crippen molar-refractivity contribution in [3.05, 3.63) is 0 Å². The Labute approximate surface area is 40.4 Å². The van der Waals surface area contributed by atoms with E-state index in [4.69, 9.17) is 11.8 Å². The molecule has 0 atom stereocenters. The van der Waals surface area contributed by atoms with E-state index < -0.39 is 0 Å². The first-order chi connectivity index (χ1) is 2.27. The van der Waals surface area contributed by atoms with Gasteiger partial charge in [-0.3, -0.25) is 4.79 Å². The molecule has 30 valence electrons. The molecule has 1 amide bonds. The van der Waals surface area contributed by atoms with E-state index >= 15 is 0 Å². The lowest BCUT2D eigenvalue weighted by atomic mass is 11.5. The minimum atomic E-state index is 0.380. The summed E-state index contributed by atoms with van der Waals surface area (Å²) >= 11 is 8.12. The molecule has 0 aromatic rings. The standard InChI is InChI=1S/CH2ClNOS/c2-3(5)1-4/h1,5H. The summed E-state index contributed by atoms with van der Waals surface area (Å²) in [6, 6.07) is 0. The fourth-order valence-corrected chi connectivity index (χ4v) is 0. The Kier molecular flexibility index (Phi) is 2.41. The summed E-state index contributed by atoms with van der Waals surface area (Å²) in [5.74, 6) is 0. The maximum absolute atomic E-state index is 9.22. The third-order valence-electron chi connectivity index (χ3n) is 0.0870. The van der Waals surface area contributed by atoms with Crippen LogP contribution in [0.15, 0.2) is 0 Å². The smallest absolute Gasteiger partial charge is 0.234 e. The van der Waals surface area contributed by atoms with Crippen molar-refractivity contribution < 1.29 is 4.79 Å². The molecule has 2 nitrogen and oxygen atoms in total. The van der Waals surface area contributed by atoms with Crippen molar-refractivity contribution in [2.75, 3.05) is 0 Å². The largest absolute Gasteiger partial charge is 0.276 e. The van der Waals surface area contributed by atoms with Crippen LogP contribution in [-0.4, -0.2) is 10.2 Å². The molecule has 0 saturated heterocycles. The van der Waals surface area contributed by atoms with Gasteiger partial charge in [-0.25, -0.2) is 0 Å². The maximum atomic E-state index is 9.22. The summed E-state index contributed by atoms with van der Waals surface area (Å²) in [6.07, 6.45) is 0.380. The lowest BCUT2D eigenvalue weighted by Crippen LogP contribution is -1.87. The van der Waals surface area contributed by atoms with E-state index in [9.17, 15) is 4.79 Å². The lowest BCUT2D eigenvalue weighted by Gasteiger charge is -1.85. The fourth-order valence-electron chi connectivity index (χ4n) is 0. The molecule has 0 N–H and O–H groups in total. The molecule has 4 heteroatoms. The van der Waals surface area contributed by atoms with E-state index in [1.54, 1.807) is 0 Å². The van der Waals surface area contributed by atoms with Crippen molar-refractivity contribution in [3.8, 4) is 0 Å². The Hall–Kier alpha value is 0.110. The summed E-state index contributed by atoms with van der Waals surface area (Å²) in [5.41, 5.74) is 0. The molecule has 0 rings (SSSR count). The van der Waals surface area contributed by atoms with Gasteiger partial charge in [0.15, 0.2) is 0 Å². The number of carbonyl (C=O) groups is 1. The van der Waals surface area contributed by atoms with E-state index in [0.29, 0.717) is 10.2 Å². The van der Waals surface area contributed by atoms with Crippen LogP contribution in [0.2, 0.25) is 0 Å². The van der Waals surface area contributed by atoms with E-state index in [1.165, 1.54) is 0 Å². The topological polar surface area (TPSA) is 20.3 Å². The molecule has 0 fully saturated rings. The highest BCUT2D eigenvalue weighted by molar-refractivity contribution is 7.79. The highest BCUT2D eigenvalue weighted by Crippen LogP contribution is 1.87. The van der Waals surface area contributed by atoms with Crippen LogP contribution in [0.1, 0.15) is 0 Å². The summed E-state index contributed by atoms with van der Waals surface area (Å²) in [6.45, 7) is 0. The molecule has 0 aliphatic carbocycles. The summed E-state index contributed by atoms with van der Waals surface area (Å²) < 4.78 is 0.611. The Bertz CT molecular complexity index is 38.6. The number of hydrogen-bond donors (Lipinski definition) is 1. The van der Waals surface area contributed by atoms with Gasteiger partial charge in [-0.15, -0.1) is 0 Å². The summed E-state index contributed by atoms with van der Waals surface area (Å²) in [7, 11) is 0. The quantitative estimate of drug-likeness (QED) is 0.296. The second-order valence-corrected chi connectivity index (χ2v) is 1.42. The van der Waals surface area contributed by atoms with Crippen molar-refractivity contribution in [1.82, 2.24) is 3.82 Å². The third kappa shape index (κ3) is 4.11. The first-order valence-electron chi connectivity index (χ1n) is 0.863. The highest BCUT2D eigenvalue weighted by Gasteiger charge is 1.74. The third-order valence-corrected chi connectivity index (χ3v) is 0.261. The van der Waals surface area contributed by atoms with Gasteiger partial charge in [0, 0.05) is 11.8 Å². The molecule has 0 spiro atoms. The SMILES string of the molecule is O=CN(S)Cl. The molecule has 0 aliphatic heterocycles. The van der Waals surface area contributed by atoms with Gasteiger partial charge in [0.25, 0.3) is 0 Å². The second kappa shape index (κ2) is 2.35. The molecule has 0 aromatic carbocycles. The Balaban J connectivity index is 2.83. The van der Waals surface area contributed by atoms with Gasteiger partial charge in [-0.1, -0.05) is 0 Å². The van der Waals surface area contributed by atoms with Crippen LogP contribution in [0.3, 0.4) is 0 Å². The molecule has 0 saturated carbocycles. The van der Waals surface area contributed by atoms with Crippen LogP contribution < -0.4 is 0 Å². The predicted octanol–water partition coefficient (Wildman–Crippen LogP) is 0.443. The van der Waals surface area contributed by atoms with Crippen molar-refractivity contribution in [3.63, 3.8) is 0 Å². The van der Waals surface area contributed by atoms with Crippen molar-refractivity contribution in [2.45, 2.75) is 0 Å². The second-order valence-electron chi connectivity index (χ2n) is 0.394. The minimum absolute atomic E-state index is 0.380. The van der Waals surface area contributed by atoms with Crippen LogP contribution in [0.5, 0.6) is 0 Å². The summed E-state index contributed by atoms with van der Waals surface area (Å²) in [4.78, 5) is 9.22. The highest BCUT2D eigenvalue weighted by atomic mass is 35.5. The van der Waals surface area contributed by atoms with Gasteiger partial charge in [-0.05, 0) is 12.8 Å². The fraction of sp³-hybridized carbons (Fsp3) is 0. The zero-order valence-electron chi connectivity index (χ0n) is 2.26. The number of carbonyl (C=O) groups excluding carboxylic acids is 1. The minimum Gasteiger partial charge on any atom is -0.276 e. The number of rotatable bonds is 1. The van der Waals surface area contributed by atoms with Gasteiger partial charge in [0.05, 0.1) is 0 Å². The normalized spacial score (nSPS) is 6.80. The molecule has 0 bridgehead atoms. The van der Waals surface area contributed by atoms with Crippen LogP contribution in [0.25, 0.3) is 0 Å². The molecule has 0 unspecified atom stereocenters. The average molecular weight is 112 g/mol. The average Bonchev–Trinajstić information content (AvgIpc) is 1.38. The number of thiol groups is 1. The van der Waals surface area contributed by atoms with Crippen LogP contribution in [0.4, 0.5) is 0 Å². The molecule has 0 aliphatic rings. The number of halogens is 1. The first kappa shape index (κ1) is 5.11. The number of hydrogen-bond acceptors (Lipinski definition) is 2. The van der Waals surface area contributed by atoms with Gasteiger partial charge < -0.3 is 0 Å². The van der Waals surface area contributed by atoms with Crippen molar-refractivity contribution >= 4 is 31.0 Å². The molecular formula is CH2ClNOS. The zero-order valence-corrected chi connectivity index (χ0v) is 3.91. The van der Waals surface area contributed by atoms with Gasteiger partial charge in [-0.2, -0.15) is 3.82 Å². The van der Waals surface area contributed by atoms with Crippen LogP contribution in [-0.2, 0) is 4.79 Å². The Morgan fingerprint density at radius 1 is 2.00 bits per heavy atom. The Morgan fingerprint density at radius 2 is 2.20 bits per heavy atom. The van der Waals surface area contributed by atoms with Gasteiger partial charge in [0.1, 0.15) is 0 Å². The van der Waals surface area contributed by atoms with Crippen LogP contribution >= 0.6 is 24.6 Å². The summed E-state index contributed by atoms with van der Waals surface area (Å²) in [5, 5.41) is 0. The first-order valence-corrected chi connectivity index (χ1v) is 1.60. The molecule has 0 heterocycles. The molecule has 0 radical (unpaired) electrons. The number of nitrogens with zero attached hydrogens (tertiary/aromatic N) is 1. The van der Waals surface area contributed by atoms with Crippen LogP contribution in [0, 0.1) is 0 Å². The van der Waals surface area contributed by atoms with Crippen molar-refractivity contribution in [1.29, 1.82) is 0 Å². The van der Waals surface area contributed by atoms with Crippen molar-refractivity contribution in [2.24, 2.45) is 0 Å². The van der Waals surface area contributed by atoms with E-state index in [-0.39, 0.29) is 0 Å². The maximum Gasteiger partial charge on any atom is 0.234 e. The lowest BCUT2D eigenvalue weighted by molar-refractivity contribution is -0.111. The van der Waals surface area contributed by atoms with E-state index in [0.717, 1.165) is 0 Å². The van der Waals surface area contributed by atoms with E-state index in [1.807, 2.05) is 0 Å². The van der Waals surface area contributed by atoms with Gasteiger partial charge in [0.2, 0.25) is 6.41 Å². The molecule has 5 heavy (non-hydrogen) atoms. The monoisotopic (exact) mass is 111 g/mol. The molecular weight excluding hydrogens is 110 g/mol. The van der Waals surface area contributed by atoms with Gasteiger partial charge >= 0.3 is 0 Å². The number of amides is 1. The molecule has 0 aromatic heterocycles.